The average molecular weight is 354 g/mol. The Morgan fingerprint density at radius 2 is 1.85 bits per heavy atom. The van der Waals surface area contributed by atoms with Crippen LogP contribution in [-0.2, 0) is 6.54 Å². The Hall–Kier alpha value is -2.99. The standard InChI is InChI=1S/C20H22N2O4/c1-3-21(4-2)14-17-13-16(10-12-20(17)24)19(23)11-9-15-7-5-6-8-18(15)22(25)26/h5-13,24H,3-4,14H2,1-2H3/b11-9+. The summed E-state index contributed by atoms with van der Waals surface area (Å²) in [5.74, 6) is -0.373. The minimum absolute atomic E-state index is 0.0581. The van der Waals surface area contributed by atoms with Crippen LogP contribution in [0.5, 0.6) is 5.75 Å². The topological polar surface area (TPSA) is 87.7 Å². The maximum absolute atomic E-state index is 12.4. The monoisotopic (exact) mass is 354 g/mol. The second-order valence-electron chi connectivity index (χ2n) is 5.97. The Morgan fingerprint density at radius 1 is 1.15 bits per heavy atom. The largest absolute Gasteiger partial charge is 0.872 e. The van der Waals surface area contributed by atoms with Crippen LogP contribution >= 0.6 is 0 Å². The first-order chi connectivity index (χ1) is 12.5. The van der Waals surface area contributed by atoms with Crippen LogP contribution in [0.3, 0.4) is 0 Å². The summed E-state index contributed by atoms with van der Waals surface area (Å²) in [6.45, 7) is 6.46. The second-order valence-corrected chi connectivity index (χ2v) is 5.97. The molecule has 0 unspecified atom stereocenters. The molecule has 0 saturated carbocycles. The fraction of sp³-hybridized carbons (Fsp3) is 0.250. The van der Waals surface area contributed by atoms with Crippen molar-refractivity contribution >= 4 is 17.5 Å². The summed E-state index contributed by atoms with van der Waals surface area (Å²) in [5.41, 5.74) is 1.31. The lowest BCUT2D eigenvalue weighted by molar-refractivity contribution is -0.910. The van der Waals surface area contributed by atoms with Gasteiger partial charge in [-0.25, -0.2) is 0 Å². The molecule has 0 fully saturated rings. The molecule has 0 aliphatic carbocycles. The molecule has 0 aromatic heterocycles. The maximum Gasteiger partial charge on any atom is 0.276 e. The Morgan fingerprint density at radius 3 is 2.50 bits per heavy atom. The number of ketones is 1. The van der Waals surface area contributed by atoms with Gasteiger partial charge in [-0.05, 0) is 43.7 Å². The fourth-order valence-electron chi connectivity index (χ4n) is 2.70. The molecule has 0 amide bonds. The van der Waals surface area contributed by atoms with Gasteiger partial charge in [-0.1, -0.05) is 24.3 Å². The number of allylic oxidation sites excluding steroid dienone is 1. The van der Waals surface area contributed by atoms with Crippen molar-refractivity contribution in [3.63, 3.8) is 0 Å². The summed E-state index contributed by atoms with van der Waals surface area (Å²) in [5, 5.41) is 23.1. The minimum Gasteiger partial charge on any atom is -0.872 e. The number of nitro groups is 1. The van der Waals surface area contributed by atoms with E-state index in [0.29, 0.717) is 23.2 Å². The van der Waals surface area contributed by atoms with Crippen LogP contribution < -0.4 is 10.0 Å². The zero-order valence-corrected chi connectivity index (χ0v) is 14.9. The van der Waals surface area contributed by atoms with Gasteiger partial charge in [0.2, 0.25) is 0 Å². The van der Waals surface area contributed by atoms with E-state index >= 15 is 0 Å². The quantitative estimate of drug-likeness (QED) is 0.340. The summed E-state index contributed by atoms with van der Waals surface area (Å²) in [7, 11) is 0. The van der Waals surface area contributed by atoms with Crippen molar-refractivity contribution in [2.75, 3.05) is 13.1 Å². The number of para-hydroxylation sites is 1. The normalized spacial score (nSPS) is 11.2. The summed E-state index contributed by atoms with van der Waals surface area (Å²) in [4.78, 5) is 24.2. The van der Waals surface area contributed by atoms with Crippen LogP contribution in [0.2, 0.25) is 0 Å². The molecular weight excluding hydrogens is 332 g/mol. The van der Waals surface area contributed by atoms with Crippen molar-refractivity contribution in [3.8, 4) is 5.75 Å². The summed E-state index contributed by atoms with van der Waals surface area (Å²) in [6.07, 6.45) is 2.73. The number of nitro benzene ring substituents is 1. The van der Waals surface area contributed by atoms with Crippen LogP contribution in [0.15, 0.2) is 48.5 Å². The molecule has 0 spiro atoms. The van der Waals surface area contributed by atoms with E-state index in [9.17, 15) is 20.0 Å². The molecule has 0 radical (unpaired) electrons. The number of nitrogens with one attached hydrogen (secondary N) is 1. The van der Waals surface area contributed by atoms with E-state index in [1.165, 1.54) is 35.3 Å². The summed E-state index contributed by atoms with van der Waals surface area (Å²) in [6, 6.07) is 10.7. The number of rotatable bonds is 8. The second kappa shape index (κ2) is 8.92. The molecule has 0 bridgehead atoms. The molecule has 1 N–H and O–H groups in total. The van der Waals surface area contributed by atoms with Gasteiger partial charge in [-0.15, -0.1) is 5.75 Å². The van der Waals surface area contributed by atoms with E-state index in [4.69, 9.17) is 0 Å². The number of quaternary nitrogens is 1. The van der Waals surface area contributed by atoms with Gasteiger partial charge in [-0.3, -0.25) is 14.9 Å². The van der Waals surface area contributed by atoms with Gasteiger partial charge < -0.3 is 10.0 Å². The smallest absolute Gasteiger partial charge is 0.276 e. The van der Waals surface area contributed by atoms with E-state index in [0.717, 1.165) is 13.1 Å². The van der Waals surface area contributed by atoms with Gasteiger partial charge in [0, 0.05) is 11.6 Å². The van der Waals surface area contributed by atoms with Crippen LogP contribution in [0, 0.1) is 10.1 Å². The molecule has 2 aromatic rings. The first kappa shape index (κ1) is 19.3. The van der Waals surface area contributed by atoms with E-state index in [-0.39, 0.29) is 17.2 Å². The number of benzene rings is 2. The third-order valence-electron chi connectivity index (χ3n) is 4.33. The Kier molecular flexibility index (Phi) is 6.63. The van der Waals surface area contributed by atoms with Gasteiger partial charge >= 0.3 is 0 Å². The molecule has 26 heavy (non-hydrogen) atoms. The third kappa shape index (κ3) is 4.77. The number of carbonyl (C=O) groups is 1. The predicted octanol–water partition coefficient (Wildman–Crippen LogP) is 1.99. The molecule has 6 nitrogen and oxygen atoms in total. The van der Waals surface area contributed by atoms with Crippen molar-refractivity contribution in [1.29, 1.82) is 0 Å². The highest BCUT2D eigenvalue weighted by molar-refractivity contribution is 6.07. The van der Waals surface area contributed by atoms with Crippen LogP contribution in [0.1, 0.15) is 35.3 Å². The van der Waals surface area contributed by atoms with Crippen molar-refractivity contribution in [3.05, 3.63) is 75.3 Å². The van der Waals surface area contributed by atoms with E-state index < -0.39 is 4.92 Å². The molecule has 2 aromatic carbocycles. The predicted molar refractivity (Wildman–Crippen MR) is 98.1 cm³/mol. The highest BCUT2D eigenvalue weighted by atomic mass is 16.6. The Bertz CT molecular complexity index is 826. The average Bonchev–Trinajstić information content (AvgIpc) is 2.65. The lowest BCUT2D eigenvalue weighted by atomic mass is 10.0. The number of hydrogen-bond donors (Lipinski definition) is 1. The first-order valence-corrected chi connectivity index (χ1v) is 8.55. The van der Waals surface area contributed by atoms with Gasteiger partial charge in [-0.2, -0.15) is 0 Å². The number of nitrogens with zero attached hydrogens (tertiary/aromatic N) is 1. The zero-order chi connectivity index (χ0) is 19.1. The molecule has 0 aliphatic rings. The van der Waals surface area contributed by atoms with Gasteiger partial charge in [0.15, 0.2) is 5.78 Å². The Labute approximate surface area is 152 Å². The zero-order valence-electron chi connectivity index (χ0n) is 14.9. The summed E-state index contributed by atoms with van der Waals surface area (Å²) >= 11 is 0. The lowest BCUT2D eigenvalue weighted by Gasteiger charge is -2.20. The molecule has 0 aliphatic heterocycles. The van der Waals surface area contributed by atoms with Crippen LogP contribution in [-0.4, -0.2) is 23.8 Å². The van der Waals surface area contributed by atoms with Crippen molar-refractivity contribution in [2.24, 2.45) is 0 Å². The Balaban J connectivity index is 2.24. The van der Waals surface area contributed by atoms with Crippen molar-refractivity contribution in [2.45, 2.75) is 20.4 Å². The molecule has 0 atom stereocenters. The van der Waals surface area contributed by atoms with Gasteiger partial charge in [0.1, 0.15) is 6.54 Å². The van der Waals surface area contributed by atoms with Crippen LogP contribution in [0.4, 0.5) is 5.69 Å². The van der Waals surface area contributed by atoms with E-state index in [2.05, 4.69) is 0 Å². The number of hydrogen-bond acceptors (Lipinski definition) is 4. The lowest BCUT2D eigenvalue weighted by Crippen LogP contribution is -3.10. The van der Waals surface area contributed by atoms with Crippen molar-refractivity contribution < 1.29 is 19.7 Å². The molecule has 0 heterocycles. The number of carbonyl (C=O) groups excluding carboxylic acids is 1. The van der Waals surface area contributed by atoms with Crippen molar-refractivity contribution in [1.82, 2.24) is 0 Å². The molecule has 0 saturated heterocycles. The molecular formula is C20H22N2O4. The third-order valence-corrected chi connectivity index (χ3v) is 4.33. The first-order valence-electron chi connectivity index (χ1n) is 8.55. The van der Waals surface area contributed by atoms with Crippen LogP contribution in [0.25, 0.3) is 6.08 Å². The van der Waals surface area contributed by atoms with Gasteiger partial charge in [0.05, 0.1) is 23.6 Å². The molecule has 2 rings (SSSR count). The fourth-order valence-corrected chi connectivity index (χ4v) is 2.70. The van der Waals surface area contributed by atoms with Gasteiger partial charge in [0.25, 0.3) is 5.69 Å². The maximum atomic E-state index is 12.4. The SMILES string of the molecule is CC[NH+](CC)Cc1cc(C(=O)/C=C/c2ccccc2[N+](=O)[O-])ccc1[O-]. The molecule has 136 valence electrons. The molecule has 6 heteroatoms. The summed E-state index contributed by atoms with van der Waals surface area (Å²) < 4.78 is 0. The highest BCUT2D eigenvalue weighted by Crippen LogP contribution is 2.20. The van der Waals surface area contributed by atoms with E-state index in [1.807, 2.05) is 13.8 Å². The van der Waals surface area contributed by atoms with E-state index in [1.54, 1.807) is 24.3 Å². The highest BCUT2D eigenvalue weighted by Gasteiger charge is 2.11. The minimum atomic E-state index is -0.485.